The minimum absolute atomic E-state index is 0.0616. The maximum absolute atomic E-state index is 9.98. The lowest BCUT2D eigenvalue weighted by Gasteiger charge is -2.01. The maximum Gasteiger partial charge on any atom is 0.305 e. The Balaban J connectivity index is 2.85. The largest absolute Gasteiger partial charge is 0.481 e. The van der Waals surface area contributed by atoms with E-state index in [1.807, 2.05) is 6.92 Å². The molecule has 0 aliphatic heterocycles. The van der Waals surface area contributed by atoms with Crippen LogP contribution < -0.4 is 0 Å². The number of hydrogen-bond acceptors (Lipinski definition) is 3. The van der Waals surface area contributed by atoms with Crippen LogP contribution in [0.25, 0.3) is 0 Å². The predicted octanol–water partition coefficient (Wildman–Crippen LogP) is 0.514. The molecule has 0 heterocycles. The van der Waals surface area contributed by atoms with Gasteiger partial charge in [0.15, 0.2) is 0 Å². The smallest absolute Gasteiger partial charge is 0.305 e. The summed E-state index contributed by atoms with van der Waals surface area (Å²) in [6.45, 7) is 3.85. The molecule has 1 N–H and O–H groups in total. The molecule has 0 amide bonds. The van der Waals surface area contributed by atoms with Gasteiger partial charge in [0.2, 0.25) is 0 Å². The Morgan fingerprint density at radius 2 is 1.91 bits per heavy atom. The molecule has 0 aliphatic carbocycles. The van der Waals surface area contributed by atoms with E-state index in [2.05, 4.69) is 0 Å². The summed E-state index contributed by atoms with van der Waals surface area (Å²) < 4.78 is 9.91. The predicted molar refractivity (Wildman–Crippen MR) is 39.6 cm³/mol. The highest BCUT2D eigenvalue weighted by Crippen LogP contribution is 1.83. The highest BCUT2D eigenvalue weighted by Gasteiger charge is 1.95. The maximum atomic E-state index is 9.98. The third-order valence-electron chi connectivity index (χ3n) is 1.04. The molecule has 0 aromatic heterocycles. The Bertz CT molecular complexity index is 103. The second-order valence-corrected chi connectivity index (χ2v) is 1.95. The van der Waals surface area contributed by atoms with Crippen LogP contribution in [0.1, 0.15) is 13.3 Å². The first-order valence-electron chi connectivity index (χ1n) is 3.64. The molecule has 0 saturated heterocycles. The first-order chi connectivity index (χ1) is 5.27. The van der Waals surface area contributed by atoms with Gasteiger partial charge in [0, 0.05) is 6.61 Å². The molecule has 0 aromatic carbocycles. The number of aliphatic carboxylic acids is 1. The van der Waals surface area contributed by atoms with Gasteiger partial charge in [0.05, 0.1) is 26.2 Å². The van der Waals surface area contributed by atoms with Gasteiger partial charge >= 0.3 is 5.97 Å². The van der Waals surface area contributed by atoms with Gasteiger partial charge in [-0.2, -0.15) is 0 Å². The number of ether oxygens (including phenoxy) is 2. The molecule has 0 saturated carbocycles. The molecule has 0 unspecified atom stereocenters. The molecule has 11 heavy (non-hydrogen) atoms. The zero-order valence-electron chi connectivity index (χ0n) is 6.71. The lowest BCUT2D eigenvalue weighted by Crippen LogP contribution is -2.07. The summed E-state index contributed by atoms with van der Waals surface area (Å²) in [4.78, 5) is 9.98. The summed E-state index contributed by atoms with van der Waals surface area (Å²) in [5.41, 5.74) is 0. The van der Waals surface area contributed by atoms with E-state index in [1.165, 1.54) is 0 Å². The Labute approximate surface area is 66.1 Å². The molecule has 66 valence electrons. The van der Waals surface area contributed by atoms with Crippen molar-refractivity contribution in [3.8, 4) is 0 Å². The average molecular weight is 162 g/mol. The van der Waals surface area contributed by atoms with Crippen molar-refractivity contribution in [1.82, 2.24) is 0 Å². The third-order valence-corrected chi connectivity index (χ3v) is 1.04. The monoisotopic (exact) mass is 162 g/mol. The van der Waals surface area contributed by atoms with Crippen molar-refractivity contribution >= 4 is 5.97 Å². The molecule has 0 rings (SSSR count). The van der Waals surface area contributed by atoms with Crippen LogP contribution in [-0.2, 0) is 14.3 Å². The summed E-state index contributed by atoms with van der Waals surface area (Å²) in [6.07, 6.45) is 0.0616. The Morgan fingerprint density at radius 3 is 2.45 bits per heavy atom. The zero-order valence-corrected chi connectivity index (χ0v) is 6.71. The van der Waals surface area contributed by atoms with Crippen LogP contribution in [0.5, 0.6) is 0 Å². The van der Waals surface area contributed by atoms with Crippen molar-refractivity contribution < 1.29 is 19.4 Å². The SMILES string of the molecule is CCOCCOCCC(=O)O. The second kappa shape index (κ2) is 7.50. The van der Waals surface area contributed by atoms with E-state index in [0.717, 1.165) is 0 Å². The molecule has 0 aromatic rings. The van der Waals surface area contributed by atoms with Crippen molar-refractivity contribution in [3.63, 3.8) is 0 Å². The van der Waals surface area contributed by atoms with Gasteiger partial charge in [-0.3, -0.25) is 4.79 Å². The van der Waals surface area contributed by atoms with Gasteiger partial charge in [-0.1, -0.05) is 0 Å². The molecular formula is C7H14O4. The van der Waals surface area contributed by atoms with E-state index in [-0.39, 0.29) is 13.0 Å². The number of carboxylic acids is 1. The zero-order chi connectivity index (χ0) is 8.53. The highest BCUT2D eigenvalue weighted by molar-refractivity contribution is 5.66. The van der Waals surface area contributed by atoms with Gasteiger partial charge in [0.1, 0.15) is 0 Å². The number of rotatable bonds is 7. The number of hydrogen-bond donors (Lipinski definition) is 1. The van der Waals surface area contributed by atoms with Gasteiger partial charge < -0.3 is 14.6 Å². The summed E-state index contributed by atoms with van der Waals surface area (Å²) in [5.74, 6) is -0.832. The molecular weight excluding hydrogens is 148 g/mol. The van der Waals surface area contributed by atoms with Crippen LogP contribution in [0, 0.1) is 0 Å². The molecule has 4 heteroatoms. The third kappa shape index (κ3) is 9.39. The fourth-order valence-electron chi connectivity index (χ4n) is 0.524. The van der Waals surface area contributed by atoms with Crippen molar-refractivity contribution in [2.24, 2.45) is 0 Å². The highest BCUT2D eigenvalue weighted by atomic mass is 16.5. The normalized spacial score (nSPS) is 9.91. The summed E-state index contributed by atoms with van der Waals surface area (Å²) in [5, 5.41) is 8.20. The van der Waals surface area contributed by atoms with Gasteiger partial charge in [-0.25, -0.2) is 0 Å². The van der Waals surface area contributed by atoms with Gasteiger partial charge in [0.25, 0.3) is 0 Å². The van der Waals surface area contributed by atoms with Crippen LogP contribution in [-0.4, -0.2) is 37.5 Å². The standard InChI is InChI=1S/C7H14O4/c1-2-10-5-6-11-4-3-7(8)9/h2-6H2,1H3,(H,8,9). The Morgan fingerprint density at radius 1 is 1.27 bits per heavy atom. The van der Waals surface area contributed by atoms with Crippen LogP contribution in [0.15, 0.2) is 0 Å². The van der Waals surface area contributed by atoms with E-state index in [9.17, 15) is 4.79 Å². The molecule has 0 spiro atoms. The summed E-state index contributed by atoms with van der Waals surface area (Å²) in [7, 11) is 0. The van der Waals surface area contributed by atoms with Crippen LogP contribution in [0.3, 0.4) is 0 Å². The molecule has 0 radical (unpaired) electrons. The summed E-state index contributed by atoms with van der Waals surface area (Å²) in [6, 6.07) is 0. The first kappa shape index (κ1) is 10.4. The second-order valence-electron chi connectivity index (χ2n) is 1.95. The fourth-order valence-corrected chi connectivity index (χ4v) is 0.524. The topological polar surface area (TPSA) is 55.8 Å². The first-order valence-corrected chi connectivity index (χ1v) is 3.64. The van der Waals surface area contributed by atoms with Crippen molar-refractivity contribution in [3.05, 3.63) is 0 Å². The van der Waals surface area contributed by atoms with Crippen LogP contribution in [0.2, 0.25) is 0 Å². The Kier molecular flexibility index (Phi) is 7.08. The fraction of sp³-hybridized carbons (Fsp3) is 0.857. The van der Waals surface area contributed by atoms with E-state index in [4.69, 9.17) is 14.6 Å². The van der Waals surface area contributed by atoms with Crippen molar-refractivity contribution in [2.75, 3.05) is 26.4 Å². The van der Waals surface area contributed by atoms with Gasteiger partial charge in [-0.15, -0.1) is 0 Å². The van der Waals surface area contributed by atoms with E-state index >= 15 is 0 Å². The average Bonchev–Trinajstić information content (AvgIpc) is 1.96. The molecule has 0 fully saturated rings. The van der Waals surface area contributed by atoms with E-state index in [0.29, 0.717) is 19.8 Å². The molecule has 0 bridgehead atoms. The van der Waals surface area contributed by atoms with E-state index < -0.39 is 5.97 Å². The van der Waals surface area contributed by atoms with Crippen molar-refractivity contribution in [2.45, 2.75) is 13.3 Å². The quantitative estimate of drug-likeness (QED) is 0.554. The summed E-state index contributed by atoms with van der Waals surface area (Å²) >= 11 is 0. The van der Waals surface area contributed by atoms with E-state index in [1.54, 1.807) is 0 Å². The lowest BCUT2D eigenvalue weighted by atomic mass is 10.5. The molecule has 0 atom stereocenters. The minimum atomic E-state index is -0.832. The number of carbonyl (C=O) groups is 1. The van der Waals surface area contributed by atoms with Gasteiger partial charge in [-0.05, 0) is 6.92 Å². The Hall–Kier alpha value is -0.610. The van der Waals surface area contributed by atoms with Crippen LogP contribution >= 0.6 is 0 Å². The molecule has 0 aliphatic rings. The van der Waals surface area contributed by atoms with Crippen molar-refractivity contribution in [1.29, 1.82) is 0 Å². The van der Waals surface area contributed by atoms with Crippen LogP contribution in [0.4, 0.5) is 0 Å². The lowest BCUT2D eigenvalue weighted by molar-refractivity contribution is -0.138. The minimum Gasteiger partial charge on any atom is -0.481 e. The molecule has 4 nitrogen and oxygen atoms in total. The number of carboxylic acid groups (broad SMARTS) is 1.